The highest BCUT2D eigenvalue weighted by Crippen LogP contribution is 2.70. The fraction of sp³-hybridized carbons (Fsp3) is 0.893. The Morgan fingerprint density at radius 3 is 2.29 bits per heavy atom. The van der Waals surface area contributed by atoms with Gasteiger partial charge < -0.3 is 15.3 Å². The summed E-state index contributed by atoms with van der Waals surface area (Å²) in [6.45, 7) is 9.77. The molecule has 0 spiro atoms. The first-order chi connectivity index (χ1) is 15.8. The Kier molecular flexibility index (Phi) is 6.60. The van der Waals surface area contributed by atoms with Crippen LogP contribution in [0.3, 0.4) is 0 Å². The monoisotopic (exact) mass is 476 g/mol. The minimum Gasteiger partial charge on any atom is -0.481 e. The number of Topliss-reactive ketones (excluding diaryl/α,β-unsaturated/α-hetero) is 2. The largest absolute Gasteiger partial charge is 0.481 e. The number of rotatable bonds is 6. The molecule has 4 rings (SSSR count). The van der Waals surface area contributed by atoms with Gasteiger partial charge in [-0.2, -0.15) is 0 Å². The normalized spacial score (nSPS) is 48.9. The molecule has 0 aromatic carbocycles. The number of hydrogen-bond acceptors (Lipinski definition) is 5. The molecule has 6 nitrogen and oxygen atoms in total. The van der Waals surface area contributed by atoms with Crippen LogP contribution in [0.25, 0.3) is 0 Å². The number of aliphatic carboxylic acids is 1. The molecule has 4 fully saturated rings. The second-order valence-electron chi connectivity index (χ2n) is 12.9. The predicted molar refractivity (Wildman–Crippen MR) is 128 cm³/mol. The van der Waals surface area contributed by atoms with Crippen LogP contribution in [0.5, 0.6) is 0 Å². The molecule has 3 N–H and O–H groups in total. The van der Waals surface area contributed by atoms with Crippen molar-refractivity contribution >= 4 is 17.5 Å². The lowest BCUT2D eigenvalue weighted by Gasteiger charge is -2.64. The molecule has 4 aliphatic carbocycles. The molecule has 1 unspecified atom stereocenters. The van der Waals surface area contributed by atoms with E-state index in [-0.39, 0.29) is 70.2 Å². The van der Waals surface area contributed by atoms with E-state index in [0.29, 0.717) is 32.1 Å². The highest BCUT2D eigenvalue weighted by molar-refractivity contribution is 5.85. The second-order valence-corrected chi connectivity index (χ2v) is 12.9. The maximum Gasteiger partial charge on any atom is 0.303 e. The van der Waals surface area contributed by atoms with E-state index >= 15 is 0 Å². The van der Waals surface area contributed by atoms with Gasteiger partial charge in [-0.25, -0.2) is 0 Å². The summed E-state index contributed by atoms with van der Waals surface area (Å²) in [4.78, 5) is 36.5. The summed E-state index contributed by atoms with van der Waals surface area (Å²) >= 11 is 0. The Bertz CT molecular complexity index is 854. The predicted octanol–water partition coefficient (Wildman–Crippen LogP) is 4.25. The molecule has 0 aromatic rings. The van der Waals surface area contributed by atoms with Crippen LogP contribution in [0, 0.1) is 52.3 Å². The third-order valence-electron chi connectivity index (χ3n) is 11.6. The summed E-state index contributed by atoms with van der Waals surface area (Å²) in [6.07, 6.45) is 5.19. The molecule has 0 heterocycles. The second kappa shape index (κ2) is 8.69. The number of carbonyl (C=O) groups is 3. The molecule has 4 aliphatic rings. The number of fused-ring (bicyclic) bond motifs is 5. The van der Waals surface area contributed by atoms with Crippen molar-refractivity contribution in [1.82, 2.24) is 0 Å². The number of ketones is 2. The Balaban J connectivity index is 1.67. The van der Waals surface area contributed by atoms with Gasteiger partial charge in [0.15, 0.2) is 5.78 Å². The SMILES string of the molecule is CC(=O)C1C[C@@H]2C[C@@](O)(C(C)=O)CC[C@]2(C)[C@H]2C[C@H](O)[C@]3(C)[C@@H]([C@H](C)CCC(=O)O)CC[C@H]3[C@H]12. The molecule has 0 aliphatic heterocycles. The maximum atomic E-state index is 13.0. The van der Waals surface area contributed by atoms with Crippen molar-refractivity contribution in [2.24, 2.45) is 52.3 Å². The van der Waals surface area contributed by atoms with Crippen molar-refractivity contribution in [3.05, 3.63) is 0 Å². The minimum atomic E-state index is -1.29. The van der Waals surface area contributed by atoms with Crippen molar-refractivity contribution in [3.8, 4) is 0 Å². The Morgan fingerprint density at radius 2 is 1.71 bits per heavy atom. The standard InChI is InChI=1S/C28H44O6/c1-15(6-9-24(32)33)20-7-8-21-25-19(16(2)29)12-18-14-28(34,17(3)30)11-10-26(18,4)22(25)13-23(31)27(20,21)5/h15,18-23,25,31,34H,6-14H2,1-5H3,(H,32,33)/t15-,18-,19?,20-,21+,22+,23+,25+,26+,27-,28-/m1/s1. The Morgan fingerprint density at radius 1 is 1.03 bits per heavy atom. The first-order valence-electron chi connectivity index (χ1n) is 13.4. The van der Waals surface area contributed by atoms with E-state index in [1.165, 1.54) is 6.92 Å². The van der Waals surface area contributed by atoms with Crippen LogP contribution in [0.1, 0.15) is 92.4 Å². The molecule has 0 aromatic heterocycles. The van der Waals surface area contributed by atoms with Crippen LogP contribution in [0.15, 0.2) is 0 Å². The van der Waals surface area contributed by atoms with Crippen LogP contribution in [0.4, 0.5) is 0 Å². The molecule has 0 radical (unpaired) electrons. The lowest BCUT2D eigenvalue weighted by Crippen LogP contribution is -2.63. The third-order valence-corrected chi connectivity index (χ3v) is 11.6. The summed E-state index contributed by atoms with van der Waals surface area (Å²) in [6, 6.07) is 0. The summed E-state index contributed by atoms with van der Waals surface area (Å²) < 4.78 is 0. The smallest absolute Gasteiger partial charge is 0.303 e. The Hall–Kier alpha value is -1.27. The van der Waals surface area contributed by atoms with Gasteiger partial charge in [0.2, 0.25) is 0 Å². The molecule has 11 atom stereocenters. The van der Waals surface area contributed by atoms with Crippen LogP contribution in [0.2, 0.25) is 0 Å². The summed E-state index contributed by atoms with van der Waals surface area (Å²) in [5.74, 6) is 0.304. The zero-order chi connectivity index (χ0) is 25.2. The van der Waals surface area contributed by atoms with E-state index < -0.39 is 17.7 Å². The number of aliphatic hydroxyl groups is 2. The van der Waals surface area contributed by atoms with Crippen LogP contribution >= 0.6 is 0 Å². The highest BCUT2D eigenvalue weighted by atomic mass is 16.4. The Labute approximate surface area is 203 Å². The molecule has 192 valence electrons. The molecule has 4 saturated carbocycles. The number of aliphatic hydroxyl groups excluding tert-OH is 1. The average Bonchev–Trinajstić information content (AvgIpc) is 3.11. The van der Waals surface area contributed by atoms with E-state index in [4.69, 9.17) is 0 Å². The number of carboxylic acids is 1. The fourth-order valence-electron chi connectivity index (χ4n) is 9.49. The zero-order valence-corrected chi connectivity index (χ0v) is 21.5. The van der Waals surface area contributed by atoms with Crippen molar-refractivity contribution in [2.75, 3.05) is 0 Å². The molecule has 0 bridgehead atoms. The number of hydrogen-bond donors (Lipinski definition) is 3. The number of carboxylic acid groups (broad SMARTS) is 1. The van der Waals surface area contributed by atoms with E-state index in [1.807, 2.05) is 0 Å². The van der Waals surface area contributed by atoms with Crippen LogP contribution in [-0.2, 0) is 14.4 Å². The quantitative estimate of drug-likeness (QED) is 0.528. The highest BCUT2D eigenvalue weighted by Gasteiger charge is 2.67. The number of carbonyl (C=O) groups excluding carboxylic acids is 2. The van der Waals surface area contributed by atoms with E-state index in [0.717, 1.165) is 19.3 Å². The first kappa shape index (κ1) is 25.8. The van der Waals surface area contributed by atoms with Gasteiger partial charge in [-0.05, 0) is 112 Å². The van der Waals surface area contributed by atoms with E-state index in [9.17, 15) is 29.7 Å². The van der Waals surface area contributed by atoms with Gasteiger partial charge in [0.05, 0.1) is 6.10 Å². The minimum absolute atomic E-state index is 0.0912. The van der Waals surface area contributed by atoms with Gasteiger partial charge in [-0.1, -0.05) is 20.8 Å². The van der Waals surface area contributed by atoms with Gasteiger partial charge >= 0.3 is 5.97 Å². The first-order valence-corrected chi connectivity index (χ1v) is 13.4. The van der Waals surface area contributed by atoms with Crippen LogP contribution in [-0.4, -0.2) is 44.6 Å². The maximum absolute atomic E-state index is 13.0. The van der Waals surface area contributed by atoms with Gasteiger partial charge in [0.1, 0.15) is 11.4 Å². The molecule has 6 heteroatoms. The third kappa shape index (κ3) is 3.78. The fourth-order valence-corrected chi connectivity index (χ4v) is 9.49. The van der Waals surface area contributed by atoms with E-state index in [2.05, 4.69) is 20.8 Å². The molecular formula is C28H44O6. The summed E-state index contributed by atoms with van der Waals surface area (Å²) in [7, 11) is 0. The van der Waals surface area contributed by atoms with Crippen molar-refractivity contribution < 1.29 is 29.7 Å². The molecular weight excluding hydrogens is 432 g/mol. The van der Waals surface area contributed by atoms with Crippen LogP contribution < -0.4 is 0 Å². The van der Waals surface area contributed by atoms with Gasteiger partial charge in [-0.3, -0.25) is 14.4 Å². The molecule has 0 saturated heterocycles. The van der Waals surface area contributed by atoms with Gasteiger partial charge in [0.25, 0.3) is 0 Å². The van der Waals surface area contributed by atoms with Crippen molar-refractivity contribution in [2.45, 2.75) is 104 Å². The zero-order valence-electron chi connectivity index (χ0n) is 21.5. The summed E-state index contributed by atoms with van der Waals surface area (Å²) in [5.41, 5.74) is -1.71. The van der Waals surface area contributed by atoms with Crippen molar-refractivity contribution in [1.29, 1.82) is 0 Å². The topological polar surface area (TPSA) is 112 Å². The average molecular weight is 477 g/mol. The molecule has 34 heavy (non-hydrogen) atoms. The van der Waals surface area contributed by atoms with Crippen molar-refractivity contribution in [3.63, 3.8) is 0 Å². The van der Waals surface area contributed by atoms with Gasteiger partial charge in [-0.15, -0.1) is 0 Å². The molecule has 0 amide bonds. The van der Waals surface area contributed by atoms with Gasteiger partial charge in [0, 0.05) is 12.3 Å². The lowest BCUT2D eigenvalue weighted by molar-refractivity contribution is -0.202. The summed E-state index contributed by atoms with van der Waals surface area (Å²) in [5, 5.41) is 31.9. The van der Waals surface area contributed by atoms with E-state index in [1.54, 1.807) is 6.92 Å². The lowest BCUT2D eigenvalue weighted by atomic mass is 9.40.